The number of hydrogen-bond donors (Lipinski definition) is 2. The van der Waals surface area contributed by atoms with Crippen LogP contribution in [0, 0.1) is 6.92 Å². The SMILES string of the molecule is CCOCCn1ncc2nc(N3CCN[C@@H](C)C3)nc(Nc3ccc(C)cn3)c21. The maximum atomic E-state index is 5.51. The number of pyridine rings is 1. The first-order chi connectivity index (χ1) is 14.1. The van der Waals surface area contributed by atoms with Crippen LogP contribution < -0.4 is 15.5 Å². The van der Waals surface area contributed by atoms with Crippen molar-refractivity contribution in [2.24, 2.45) is 0 Å². The minimum Gasteiger partial charge on any atom is -0.380 e. The second-order valence-corrected chi connectivity index (χ2v) is 7.32. The third-order valence-corrected chi connectivity index (χ3v) is 4.94. The zero-order chi connectivity index (χ0) is 20.2. The van der Waals surface area contributed by atoms with Gasteiger partial charge in [0.1, 0.15) is 16.9 Å². The Morgan fingerprint density at radius 2 is 2.17 bits per heavy atom. The summed E-state index contributed by atoms with van der Waals surface area (Å²) in [6.45, 7) is 10.7. The normalized spacial score (nSPS) is 17.1. The average Bonchev–Trinajstić information content (AvgIpc) is 3.13. The molecule has 4 heterocycles. The summed E-state index contributed by atoms with van der Waals surface area (Å²) in [5.74, 6) is 2.17. The predicted molar refractivity (Wildman–Crippen MR) is 114 cm³/mol. The van der Waals surface area contributed by atoms with Gasteiger partial charge in [-0.15, -0.1) is 0 Å². The molecule has 0 bridgehead atoms. The van der Waals surface area contributed by atoms with Crippen molar-refractivity contribution in [3.8, 4) is 0 Å². The standard InChI is InChI=1S/C20H28N8O/c1-4-29-10-9-28-18-16(12-23-28)24-20(27-8-7-21-15(3)13-27)26-19(18)25-17-6-5-14(2)11-22-17/h5-6,11-12,15,21H,4,7-10,13H2,1-3H3,(H,22,24,25,26)/t15-/m0/s1. The van der Waals surface area contributed by atoms with Crippen molar-refractivity contribution in [1.29, 1.82) is 0 Å². The van der Waals surface area contributed by atoms with E-state index in [1.807, 2.05) is 36.9 Å². The first kappa shape index (κ1) is 19.5. The highest BCUT2D eigenvalue weighted by atomic mass is 16.5. The van der Waals surface area contributed by atoms with E-state index in [1.54, 1.807) is 6.20 Å². The lowest BCUT2D eigenvalue weighted by atomic mass is 10.2. The van der Waals surface area contributed by atoms with Crippen molar-refractivity contribution in [2.75, 3.05) is 43.1 Å². The van der Waals surface area contributed by atoms with Crippen molar-refractivity contribution < 1.29 is 4.74 Å². The molecule has 3 aromatic heterocycles. The average molecular weight is 396 g/mol. The smallest absolute Gasteiger partial charge is 0.228 e. The molecule has 0 saturated carbocycles. The number of hydrogen-bond acceptors (Lipinski definition) is 8. The molecule has 1 aliphatic heterocycles. The Hall–Kier alpha value is -2.78. The van der Waals surface area contributed by atoms with Crippen molar-refractivity contribution in [1.82, 2.24) is 30.0 Å². The molecule has 2 N–H and O–H groups in total. The van der Waals surface area contributed by atoms with Crippen molar-refractivity contribution in [3.05, 3.63) is 30.1 Å². The largest absolute Gasteiger partial charge is 0.380 e. The zero-order valence-electron chi connectivity index (χ0n) is 17.2. The van der Waals surface area contributed by atoms with Crippen molar-refractivity contribution in [2.45, 2.75) is 33.4 Å². The first-order valence-electron chi connectivity index (χ1n) is 10.1. The van der Waals surface area contributed by atoms with Gasteiger partial charge in [0, 0.05) is 38.5 Å². The zero-order valence-corrected chi connectivity index (χ0v) is 17.2. The number of nitrogens with one attached hydrogen (secondary N) is 2. The van der Waals surface area contributed by atoms with E-state index in [2.05, 4.69) is 32.5 Å². The molecule has 3 aromatic rings. The van der Waals surface area contributed by atoms with E-state index >= 15 is 0 Å². The lowest BCUT2D eigenvalue weighted by Crippen LogP contribution is -2.49. The minimum atomic E-state index is 0.395. The molecule has 29 heavy (non-hydrogen) atoms. The van der Waals surface area contributed by atoms with Crippen LogP contribution in [-0.4, -0.2) is 63.6 Å². The lowest BCUT2D eigenvalue weighted by Gasteiger charge is -2.32. The monoisotopic (exact) mass is 396 g/mol. The fourth-order valence-corrected chi connectivity index (χ4v) is 3.46. The third kappa shape index (κ3) is 4.46. The van der Waals surface area contributed by atoms with E-state index in [9.17, 15) is 0 Å². The van der Waals surface area contributed by atoms with E-state index in [1.165, 1.54) is 0 Å². The van der Waals surface area contributed by atoms with Gasteiger partial charge < -0.3 is 20.3 Å². The number of piperazine rings is 1. The summed E-state index contributed by atoms with van der Waals surface area (Å²) >= 11 is 0. The van der Waals surface area contributed by atoms with Crippen LogP contribution in [0.1, 0.15) is 19.4 Å². The summed E-state index contributed by atoms with van der Waals surface area (Å²) in [7, 11) is 0. The molecule has 0 amide bonds. The molecular formula is C20H28N8O. The highest BCUT2D eigenvalue weighted by molar-refractivity contribution is 5.88. The van der Waals surface area contributed by atoms with Gasteiger partial charge in [-0.3, -0.25) is 4.68 Å². The van der Waals surface area contributed by atoms with Crippen LogP contribution in [0.25, 0.3) is 11.0 Å². The molecule has 0 spiro atoms. The number of fused-ring (bicyclic) bond motifs is 1. The first-order valence-corrected chi connectivity index (χ1v) is 10.1. The molecule has 154 valence electrons. The highest BCUT2D eigenvalue weighted by Gasteiger charge is 2.21. The van der Waals surface area contributed by atoms with Crippen LogP contribution in [0.15, 0.2) is 24.5 Å². The van der Waals surface area contributed by atoms with Gasteiger partial charge in [-0.25, -0.2) is 9.97 Å². The van der Waals surface area contributed by atoms with E-state index in [4.69, 9.17) is 14.7 Å². The van der Waals surface area contributed by atoms with Gasteiger partial charge in [-0.2, -0.15) is 10.1 Å². The Morgan fingerprint density at radius 3 is 2.93 bits per heavy atom. The lowest BCUT2D eigenvalue weighted by molar-refractivity contribution is 0.137. The number of ether oxygens (including phenoxy) is 1. The van der Waals surface area contributed by atoms with E-state index in [0.717, 1.165) is 42.0 Å². The summed E-state index contributed by atoms with van der Waals surface area (Å²) in [5, 5.41) is 11.4. The molecule has 1 fully saturated rings. The van der Waals surface area contributed by atoms with Gasteiger partial charge in [-0.05, 0) is 32.4 Å². The van der Waals surface area contributed by atoms with Crippen molar-refractivity contribution >= 4 is 28.6 Å². The van der Waals surface area contributed by atoms with E-state index < -0.39 is 0 Å². The van der Waals surface area contributed by atoms with Gasteiger partial charge in [0.25, 0.3) is 0 Å². The number of aryl methyl sites for hydroxylation is 1. The number of rotatable bonds is 7. The summed E-state index contributed by atoms with van der Waals surface area (Å²) < 4.78 is 7.40. The van der Waals surface area contributed by atoms with Crippen LogP contribution in [0.5, 0.6) is 0 Å². The van der Waals surface area contributed by atoms with E-state index in [-0.39, 0.29) is 0 Å². The summed E-state index contributed by atoms with van der Waals surface area (Å²) in [6.07, 6.45) is 3.64. The molecular weight excluding hydrogens is 368 g/mol. The number of nitrogens with zero attached hydrogens (tertiary/aromatic N) is 6. The fourth-order valence-electron chi connectivity index (χ4n) is 3.46. The molecule has 0 aliphatic carbocycles. The quantitative estimate of drug-likeness (QED) is 0.587. The van der Waals surface area contributed by atoms with Crippen molar-refractivity contribution in [3.63, 3.8) is 0 Å². The van der Waals surface area contributed by atoms with Crippen LogP contribution in [0.4, 0.5) is 17.6 Å². The van der Waals surface area contributed by atoms with Crippen LogP contribution in [0.3, 0.4) is 0 Å². The second kappa shape index (κ2) is 8.71. The highest BCUT2D eigenvalue weighted by Crippen LogP contribution is 2.26. The van der Waals surface area contributed by atoms with Gasteiger partial charge >= 0.3 is 0 Å². The Kier molecular flexibility index (Phi) is 5.86. The second-order valence-electron chi connectivity index (χ2n) is 7.32. The third-order valence-electron chi connectivity index (χ3n) is 4.94. The molecule has 0 unspecified atom stereocenters. The van der Waals surface area contributed by atoms with E-state index in [0.29, 0.717) is 37.6 Å². The molecule has 1 aliphatic rings. The molecule has 0 radical (unpaired) electrons. The topological polar surface area (TPSA) is 93.0 Å². The number of anilines is 3. The Morgan fingerprint density at radius 1 is 1.28 bits per heavy atom. The summed E-state index contributed by atoms with van der Waals surface area (Å²) in [4.78, 5) is 16.4. The van der Waals surface area contributed by atoms with Crippen LogP contribution in [0.2, 0.25) is 0 Å². The molecule has 0 aromatic carbocycles. The Bertz CT molecular complexity index is 955. The predicted octanol–water partition coefficient (Wildman–Crippen LogP) is 2.11. The molecule has 9 heteroatoms. The van der Waals surface area contributed by atoms with Crippen LogP contribution >= 0.6 is 0 Å². The van der Waals surface area contributed by atoms with Gasteiger partial charge in [0.15, 0.2) is 5.82 Å². The molecule has 4 rings (SSSR count). The van der Waals surface area contributed by atoms with Gasteiger partial charge in [0.05, 0.1) is 19.3 Å². The van der Waals surface area contributed by atoms with Gasteiger partial charge in [0.2, 0.25) is 5.95 Å². The maximum Gasteiger partial charge on any atom is 0.228 e. The maximum absolute atomic E-state index is 5.51. The minimum absolute atomic E-state index is 0.395. The van der Waals surface area contributed by atoms with Crippen LogP contribution in [-0.2, 0) is 11.3 Å². The van der Waals surface area contributed by atoms with Gasteiger partial charge in [-0.1, -0.05) is 6.07 Å². The number of aromatic nitrogens is 5. The summed E-state index contributed by atoms with van der Waals surface area (Å²) in [5.41, 5.74) is 2.78. The Labute approximate surface area is 170 Å². The summed E-state index contributed by atoms with van der Waals surface area (Å²) in [6, 6.07) is 4.38. The Balaban J connectivity index is 1.72. The molecule has 9 nitrogen and oxygen atoms in total. The molecule has 1 saturated heterocycles. The fraction of sp³-hybridized carbons (Fsp3) is 0.500. The molecule has 1 atom stereocenters.